The van der Waals surface area contributed by atoms with E-state index in [4.69, 9.17) is 9.47 Å². The molecule has 0 amide bonds. The third-order valence-corrected chi connectivity index (χ3v) is 5.06. The fourth-order valence-corrected chi connectivity index (χ4v) is 3.64. The van der Waals surface area contributed by atoms with Crippen LogP contribution in [0.25, 0.3) is 0 Å². The highest BCUT2D eigenvalue weighted by Crippen LogP contribution is 2.27. The van der Waals surface area contributed by atoms with Crippen molar-refractivity contribution < 1.29 is 9.47 Å². The molecule has 152 valence electrons. The summed E-state index contributed by atoms with van der Waals surface area (Å²) in [7, 11) is 5.16. The number of hydrogen-bond donors (Lipinski definition) is 1. The predicted octanol–water partition coefficient (Wildman–Crippen LogP) is 3.96. The van der Waals surface area contributed by atoms with Gasteiger partial charge in [-0.15, -0.1) is 24.0 Å². The minimum Gasteiger partial charge on any atom is -0.493 e. The zero-order valence-electron chi connectivity index (χ0n) is 16.9. The number of benzene rings is 2. The summed E-state index contributed by atoms with van der Waals surface area (Å²) in [5, 5.41) is 3.48. The Kier molecular flexibility index (Phi) is 8.89. The quantitative estimate of drug-likeness (QED) is 0.375. The maximum Gasteiger partial charge on any atom is 0.193 e. The van der Waals surface area contributed by atoms with Gasteiger partial charge in [-0.3, -0.25) is 4.99 Å². The highest BCUT2D eigenvalue weighted by atomic mass is 127. The first-order valence-corrected chi connectivity index (χ1v) is 9.44. The monoisotopic (exact) mass is 495 g/mol. The molecule has 2 aromatic carbocycles. The van der Waals surface area contributed by atoms with Gasteiger partial charge in [0.1, 0.15) is 0 Å². The minimum atomic E-state index is 0. The topological polar surface area (TPSA) is 46.1 Å². The summed E-state index contributed by atoms with van der Waals surface area (Å²) in [6, 6.07) is 16.7. The molecule has 5 nitrogen and oxygen atoms in total. The number of guanidine groups is 1. The molecular formula is C22H30IN3O2. The minimum absolute atomic E-state index is 0. The first-order chi connectivity index (χ1) is 13.2. The number of nitrogens with one attached hydrogen (secondary N) is 1. The van der Waals surface area contributed by atoms with Crippen LogP contribution in [0.4, 0.5) is 0 Å². The molecular weight excluding hydrogens is 465 g/mol. The first-order valence-electron chi connectivity index (χ1n) is 9.44. The maximum atomic E-state index is 5.39. The molecule has 1 fully saturated rings. The Morgan fingerprint density at radius 1 is 1.07 bits per heavy atom. The molecule has 1 N–H and O–H groups in total. The Bertz CT molecular complexity index is 768. The highest BCUT2D eigenvalue weighted by Gasteiger charge is 2.24. The molecule has 0 aliphatic carbocycles. The fourth-order valence-electron chi connectivity index (χ4n) is 3.64. The van der Waals surface area contributed by atoms with Gasteiger partial charge in [0.05, 0.1) is 14.2 Å². The lowest BCUT2D eigenvalue weighted by Crippen LogP contribution is -2.39. The van der Waals surface area contributed by atoms with Crippen LogP contribution in [0.3, 0.4) is 0 Å². The van der Waals surface area contributed by atoms with Gasteiger partial charge in [0, 0.05) is 26.7 Å². The largest absolute Gasteiger partial charge is 0.493 e. The average Bonchev–Trinajstić information content (AvgIpc) is 3.17. The number of halogens is 1. The molecule has 28 heavy (non-hydrogen) atoms. The second kappa shape index (κ2) is 11.1. The van der Waals surface area contributed by atoms with Gasteiger partial charge < -0.3 is 19.7 Å². The summed E-state index contributed by atoms with van der Waals surface area (Å²) in [5.74, 6) is 3.12. The smallest absolute Gasteiger partial charge is 0.193 e. The van der Waals surface area contributed by atoms with E-state index in [0.717, 1.165) is 42.5 Å². The van der Waals surface area contributed by atoms with Crippen molar-refractivity contribution >= 4 is 29.9 Å². The number of likely N-dealkylation sites (tertiary alicyclic amines) is 1. The zero-order valence-corrected chi connectivity index (χ0v) is 19.2. The van der Waals surface area contributed by atoms with E-state index < -0.39 is 0 Å². The number of aliphatic imine (C=N–C) groups is 1. The van der Waals surface area contributed by atoms with E-state index in [1.165, 1.54) is 12.0 Å². The molecule has 1 atom stereocenters. The Morgan fingerprint density at radius 2 is 1.82 bits per heavy atom. The summed E-state index contributed by atoms with van der Waals surface area (Å²) in [5.41, 5.74) is 2.55. The second-order valence-electron chi connectivity index (χ2n) is 6.88. The van der Waals surface area contributed by atoms with Gasteiger partial charge in [-0.1, -0.05) is 36.4 Å². The van der Waals surface area contributed by atoms with Crippen LogP contribution in [-0.4, -0.2) is 45.2 Å². The van der Waals surface area contributed by atoms with Crippen LogP contribution in [0.1, 0.15) is 17.5 Å². The van der Waals surface area contributed by atoms with Crippen LogP contribution < -0.4 is 14.8 Å². The van der Waals surface area contributed by atoms with Crippen LogP contribution in [0.15, 0.2) is 53.5 Å². The van der Waals surface area contributed by atoms with E-state index in [2.05, 4.69) is 45.5 Å². The van der Waals surface area contributed by atoms with Crippen LogP contribution in [0, 0.1) is 5.92 Å². The third kappa shape index (κ3) is 5.77. The fraction of sp³-hybridized carbons (Fsp3) is 0.409. The van der Waals surface area contributed by atoms with E-state index in [-0.39, 0.29) is 24.0 Å². The van der Waals surface area contributed by atoms with Crippen LogP contribution in [0.5, 0.6) is 11.5 Å². The molecule has 6 heteroatoms. The number of methoxy groups -OCH3 is 2. The molecule has 1 heterocycles. The molecule has 1 aliphatic rings. The number of ether oxygens (including phenoxy) is 2. The van der Waals surface area contributed by atoms with Crippen molar-refractivity contribution in [3.05, 3.63) is 59.7 Å². The SMILES string of the molecule is CN=C(NCc1ccc(OC)c(OC)c1)N1CCC(Cc2ccccc2)C1.I. The van der Waals surface area contributed by atoms with Crippen molar-refractivity contribution in [2.45, 2.75) is 19.4 Å². The van der Waals surface area contributed by atoms with Gasteiger partial charge in [0.2, 0.25) is 0 Å². The van der Waals surface area contributed by atoms with Gasteiger partial charge >= 0.3 is 0 Å². The summed E-state index contributed by atoms with van der Waals surface area (Å²) in [6.45, 7) is 2.79. The summed E-state index contributed by atoms with van der Waals surface area (Å²) in [6.07, 6.45) is 2.33. The number of hydrogen-bond acceptors (Lipinski definition) is 3. The molecule has 0 saturated carbocycles. The van der Waals surface area contributed by atoms with E-state index in [1.807, 2.05) is 25.2 Å². The van der Waals surface area contributed by atoms with Gasteiger partial charge in [0.25, 0.3) is 0 Å². The lowest BCUT2D eigenvalue weighted by atomic mass is 9.99. The van der Waals surface area contributed by atoms with Gasteiger partial charge in [-0.05, 0) is 42.0 Å². The maximum absolute atomic E-state index is 5.39. The van der Waals surface area contributed by atoms with E-state index >= 15 is 0 Å². The van der Waals surface area contributed by atoms with Crippen LogP contribution in [0.2, 0.25) is 0 Å². The van der Waals surface area contributed by atoms with Crippen LogP contribution >= 0.6 is 24.0 Å². The third-order valence-electron chi connectivity index (χ3n) is 5.06. The molecule has 0 spiro atoms. The molecule has 2 aromatic rings. The first kappa shape index (κ1) is 22.3. The average molecular weight is 495 g/mol. The van der Waals surface area contributed by atoms with Gasteiger partial charge in [-0.2, -0.15) is 0 Å². The lowest BCUT2D eigenvalue weighted by molar-refractivity contribution is 0.354. The van der Waals surface area contributed by atoms with Crippen molar-refractivity contribution in [2.24, 2.45) is 10.9 Å². The van der Waals surface area contributed by atoms with Crippen molar-refractivity contribution in [2.75, 3.05) is 34.4 Å². The molecule has 0 aromatic heterocycles. The van der Waals surface area contributed by atoms with Crippen molar-refractivity contribution in [1.29, 1.82) is 0 Å². The number of rotatable bonds is 6. The van der Waals surface area contributed by atoms with E-state index in [1.54, 1.807) is 14.2 Å². The molecule has 3 rings (SSSR count). The summed E-state index contributed by atoms with van der Waals surface area (Å²) >= 11 is 0. The van der Waals surface area contributed by atoms with Crippen molar-refractivity contribution in [3.63, 3.8) is 0 Å². The number of nitrogens with zero attached hydrogens (tertiary/aromatic N) is 2. The Hall–Kier alpha value is -1.96. The standard InChI is InChI=1S/C22H29N3O2.HI/c1-23-22(24-15-18-9-10-20(26-2)21(14-18)27-3)25-12-11-19(16-25)13-17-7-5-4-6-8-17;/h4-10,14,19H,11-13,15-16H2,1-3H3,(H,23,24);1H. The Labute approximate surface area is 185 Å². The molecule has 0 radical (unpaired) electrons. The van der Waals surface area contributed by atoms with Crippen molar-refractivity contribution in [3.8, 4) is 11.5 Å². The Balaban J connectivity index is 0.00000280. The van der Waals surface area contributed by atoms with Crippen molar-refractivity contribution in [1.82, 2.24) is 10.2 Å². The lowest BCUT2D eigenvalue weighted by Gasteiger charge is -2.22. The normalized spacial score (nSPS) is 16.5. The summed E-state index contributed by atoms with van der Waals surface area (Å²) in [4.78, 5) is 6.83. The van der Waals surface area contributed by atoms with E-state index in [0.29, 0.717) is 12.5 Å². The van der Waals surface area contributed by atoms with Gasteiger partial charge in [0.15, 0.2) is 17.5 Å². The highest BCUT2D eigenvalue weighted by molar-refractivity contribution is 14.0. The molecule has 0 bridgehead atoms. The zero-order chi connectivity index (χ0) is 19.1. The van der Waals surface area contributed by atoms with Crippen LogP contribution in [-0.2, 0) is 13.0 Å². The predicted molar refractivity (Wildman–Crippen MR) is 125 cm³/mol. The molecule has 1 aliphatic heterocycles. The second-order valence-corrected chi connectivity index (χ2v) is 6.88. The Morgan fingerprint density at radius 3 is 2.50 bits per heavy atom. The summed E-state index contributed by atoms with van der Waals surface area (Å²) < 4.78 is 10.7. The molecule has 1 saturated heterocycles. The van der Waals surface area contributed by atoms with E-state index in [9.17, 15) is 0 Å². The molecule has 1 unspecified atom stereocenters. The van der Waals surface area contributed by atoms with Gasteiger partial charge in [-0.25, -0.2) is 0 Å².